The molecule has 38 heavy (non-hydrogen) atoms. The highest BCUT2D eigenvalue weighted by Gasteiger charge is 2.29. The van der Waals surface area contributed by atoms with E-state index in [-0.39, 0.29) is 11.6 Å². The van der Waals surface area contributed by atoms with Gasteiger partial charge < -0.3 is 15.6 Å². The minimum absolute atomic E-state index is 0.0345. The number of aromatic amines is 1. The van der Waals surface area contributed by atoms with Gasteiger partial charge in [-0.2, -0.15) is 0 Å². The quantitative estimate of drug-likeness (QED) is 0.153. The summed E-state index contributed by atoms with van der Waals surface area (Å²) in [6, 6.07) is 15.7. The molecule has 2 heterocycles. The van der Waals surface area contributed by atoms with E-state index in [0.717, 1.165) is 0 Å². The van der Waals surface area contributed by atoms with Crippen molar-refractivity contribution in [3.05, 3.63) is 107 Å². The van der Waals surface area contributed by atoms with Crippen LogP contribution in [0, 0.1) is 29.1 Å². The summed E-state index contributed by atoms with van der Waals surface area (Å²) in [6.45, 7) is 0. The van der Waals surface area contributed by atoms with Crippen LogP contribution < -0.4 is 10.6 Å². The predicted octanol–water partition coefficient (Wildman–Crippen LogP) is 5.83. The van der Waals surface area contributed by atoms with E-state index in [1.165, 1.54) is 24.3 Å². The monoisotopic (exact) mass is 523 g/mol. The molecule has 0 aliphatic heterocycles. The Hall–Kier alpha value is -5.13. The molecule has 190 valence electrons. The molecular weight excluding hydrogens is 509 g/mol. The van der Waals surface area contributed by atoms with E-state index in [9.17, 15) is 31.5 Å². The van der Waals surface area contributed by atoms with Gasteiger partial charge in [0.15, 0.2) is 23.3 Å². The summed E-state index contributed by atoms with van der Waals surface area (Å²) >= 11 is 0. The largest absolute Gasteiger partial charge is 0.338 e. The Morgan fingerprint density at radius 2 is 1.42 bits per heavy atom. The van der Waals surface area contributed by atoms with E-state index in [0.29, 0.717) is 33.8 Å². The first-order valence-electron chi connectivity index (χ1n) is 10.9. The first-order chi connectivity index (χ1) is 18.2. The van der Waals surface area contributed by atoms with Gasteiger partial charge in [-0.15, -0.1) is 0 Å². The van der Waals surface area contributed by atoms with Crippen LogP contribution in [0.3, 0.4) is 0 Å². The van der Waals surface area contributed by atoms with Crippen LogP contribution in [0.4, 0.5) is 33.5 Å². The Balaban J connectivity index is 1.34. The molecule has 7 nitrogen and oxygen atoms in total. The number of nitrogens with zero attached hydrogens (tertiary/aromatic N) is 2. The third-order valence-electron chi connectivity index (χ3n) is 5.50. The number of anilines is 2. The number of aromatic nitrogens is 3. The summed E-state index contributed by atoms with van der Waals surface area (Å²) in [7, 11) is 0. The molecule has 0 aliphatic carbocycles. The van der Waals surface area contributed by atoms with Gasteiger partial charge in [0.05, 0.1) is 11.0 Å². The second-order valence-corrected chi connectivity index (χ2v) is 7.96. The molecule has 2 amide bonds. The molecule has 5 rings (SSSR count). The van der Waals surface area contributed by atoms with E-state index in [2.05, 4.69) is 25.6 Å². The van der Waals surface area contributed by atoms with Crippen molar-refractivity contribution in [2.45, 2.75) is 0 Å². The number of halogens is 5. The zero-order valence-electron chi connectivity index (χ0n) is 19.0. The van der Waals surface area contributed by atoms with Crippen LogP contribution in [0.2, 0.25) is 0 Å². The van der Waals surface area contributed by atoms with Crippen molar-refractivity contribution in [2.75, 3.05) is 10.6 Å². The average molecular weight is 523 g/mol. The van der Waals surface area contributed by atoms with Crippen molar-refractivity contribution in [3.8, 4) is 11.4 Å². The standard InChI is InChI=1S/C26H14F5N5O2/c27-19-18(20(28)22(30)23(31)21(19)29)26(38)33-14-7-4-12(5-8-14)24-34-15-9-6-13(11-16(15)35-24)25(37)36-17-3-1-2-10-32-17/h1-11H,(H,33,38)(H,34,35)(H,32,36,37). The molecule has 0 spiro atoms. The van der Waals surface area contributed by atoms with E-state index in [1.54, 1.807) is 42.6 Å². The van der Waals surface area contributed by atoms with Crippen molar-refractivity contribution < 1.29 is 31.5 Å². The maximum absolute atomic E-state index is 13.9. The molecule has 0 bridgehead atoms. The highest BCUT2D eigenvalue weighted by atomic mass is 19.2. The maximum Gasteiger partial charge on any atom is 0.261 e. The molecule has 0 saturated heterocycles. The van der Waals surface area contributed by atoms with Crippen molar-refractivity contribution in [3.63, 3.8) is 0 Å². The number of carbonyl (C=O) groups excluding carboxylic acids is 2. The normalized spacial score (nSPS) is 11.0. The second-order valence-electron chi connectivity index (χ2n) is 7.96. The molecule has 0 radical (unpaired) electrons. The fourth-order valence-electron chi connectivity index (χ4n) is 3.62. The molecule has 0 fully saturated rings. The summed E-state index contributed by atoms with van der Waals surface area (Å²) < 4.78 is 67.9. The van der Waals surface area contributed by atoms with Crippen LogP contribution >= 0.6 is 0 Å². The first kappa shape index (κ1) is 24.6. The van der Waals surface area contributed by atoms with E-state index < -0.39 is 40.6 Å². The first-order valence-corrected chi connectivity index (χ1v) is 10.9. The lowest BCUT2D eigenvalue weighted by Crippen LogP contribution is -2.19. The molecule has 0 atom stereocenters. The smallest absolute Gasteiger partial charge is 0.261 e. The Morgan fingerprint density at radius 3 is 2.08 bits per heavy atom. The van der Waals surface area contributed by atoms with Gasteiger partial charge in [0.2, 0.25) is 5.82 Å². The SMILES string of the molecule is O=C(Nc1ccccn1)c1ccc2nc(-c3ccc(NC(=O)c4c(F)c(F)c(F)c(F)c4F)cc3)[nH]c2c1. The molecule has 0 unspecified atom stereocenters. The predicted molar refractivity (Wildman–Crippen MR) is 128 cm³/mol. The van der Waals surface area contributed by atoms with Gasteiger partial charge in [-0.25, -0.2) is 31.9 Å². The lowest BCUT2D eigenvalue weighted by molar-refractivity contribution is 0.101. The highest BCUT2D eigenvalue weighted by Crippen LogP contribution is 2.26. The van der Waals surface area contributed by atoms with Gasteiger partial charge in [0.25, 0.3) is 11.8 Å². The fraction of sp³-hybridized carbons (Fsp3) is 0. The summed E-state index contributed by atoms with van der Waals surface area (Å²) in [6.07, 6.45) is 1.55. The third kappa shape index (κ3) is 4.54. The van der Waals surface area contributed by atoms with Gasteiger partial charge in [-0.1, -0.05) is 6.07 Å². The number of pyridine rings is 1. The minimum atomic E-state index is -2.35. The molecular formula is C26H14F5N5O2. The second kappa shape index (κ2) is 9.73. The van der Waals surface area contributed by atoms with E-state index >= 15 is 0 Å². The Bertz CT molecular complexity index is 1680. The summed E-state index contributed by atoms with van der Waals surface area (Å²) in [5.41, 5.74) is 0.493. The summed E-state index contributed by atoms with van der Waals surface area (Å²) in [5.74, 6) is -12.3. The number of hydrogen-bond donors (Lipinski definition) is 3. The number of nitrogens with one attached hydrogen (secondary N) is 3. The molecule has 3 N–H and O–H groups in total. The summed E-state index contributed by atoms with van der Waals surface area (Å²) in [4.78, 5) is 36.4. The number of amides is 2. The van der Waals surface area contributed by atoms with Crippen LogP contribution in [-0.4, -0.2) is 26.8 Å². The molecule has 2 aromatic heterocycles. The van der Waals surface area contributed by atoms with Crippen LogP contribution in [0.1, 0.15) is 20.7 Å². The van der Waals surface area contributed by atoms with Crippen LogP contribution in [0.5, 0.6) is 0 Å². The zero-order chi connectivity index (χ0) is 27.0. The Kier molecular flexibility index (Phi) is 6.29. The minimum Gasteiger partial charge on any atom is -0.338 e. The van der Waals surface area contributed by atoms with Gasteiger partial charge >= 0.3 is 0 Å². The Morgan fingerprint density at radius 1 is 0.737 bits per heavy atom. The van der Waals surface area contributed by atoms with Crippen LogP contribution in [0.25, 0.3) is 22.4 Å². The van der Waals surface area contributed by atoms with Gasteiger partial charge in [-0.05, 0) is 54.6 Å². The van der Waals surface area contributed by atoms with Crippen LogP contribution in [0.15, 0.2) is 66.9 Å². The number of rotatable bonds is 5. The van der Waals surface area contributed by atoms with Crippen molar-refractivity contribution >= 4 is 34.4 Å². The van der Waals surface area contributed by atoms with Crippen molar-refractivity contribution in [1.82, 2.24) is 15.0 Å². The van der Waals surface area contributed by atoms with Crippen molar-refractivity contribution in [2.24, 2.45) is 0 Å². The topological polar surface area (TPSA) is 99.8 Å². The molecule has 12 heteroatoms. The van der Waals surface area contributed by atoms with Gasteiger partial charge in [0, 0.05) is 23.0 Å². The highest BCUT2D eigenvalue weighted by molar-refractivity contribution is 6.06. The number of H-pyrrole nitrogens is 1. The number of hydrogen-bond acceptors (Lipinski definition) is 4. The van der Waals surface area contributed by atoms with E-state index in [4.69, 9.17) is 0 Å². The summed E-state index contributed by atoms with van der Waals surface area (Å²) in [5, 5.41) is 4.79. The number of fused-ring (bicyclic) bond motifs is 1. The number of carbonyl (C=O) groups is 2. The average Bonchev–Trinajstić information content (AvgIpc) is 3.35. The molecule has 5 aromatic rings. The molecule has 0 aliphatic rings. The van der Waals surface area contributed by atoms with Gasteiger partial charge in [-0.3, -0.25) is 9.59 Å². The van der Waals surface area contributed by atoms with Crippen molar-refractivity contribution in [1.29, 1.82) is 0 Å². The van der Waals surface area contributed by atoms with Gasteiger partial charge in [0.1, 0.15) is 17.2 Å². The molecule has 3 aromatic carbocycles. The van der Waals surface area contributed by atoms with Crippen LogP contribution in [-0.2, 0) is 0 Å². The van der Waals surface area contributed by atoms with E-state index in [1.807, 2.05) is 0 Å². The zero-order valence-corrected chi connectivity index (χ0v) is 19.0. The lowest BCUT2D eigenvalue weighted by Gasteiger charge is -2.09. The molecule has 0 saturated carbocycles. The maximum atomic E-state index is 13.9. The third-order valence-corrected chi connectivity index (χ3v) is 5.50. The number of benzene rings is 3. The fourth-order valence-corrected chi connectivity index (χ4v) is 3.62. The lowest BCUT2D eigenvalue weighted by atomic mass is 10.1. The Labute approximate surface area is 210 Å². The number of imidazole rings is 1.